The summed E-state index contributed by atoms with van der Waals surface area (Å²) >= 11 is 0. The number of hydrogen-bond acceptors (Lipinski definition) is 5. The molecule has 0 radical (unpaired) electrons. The van der Waals surface area contributed by atoms with Gasteiger partial charge in [-0.3, -0.25) is 9.59 Å². The molecule has 2 amide bonds. The number of rotatable bonds is 3. The van der Waals surface area contributed by atoms with Gasteiger partial charge in [-0.25, -0.2) is 4.98 Å². The number of pyridine rings is 1. The number of amides is 2. The molecule has 1 saturated heterocycles. The molecule has 1 fully saturated rings. The SMILES string of the molecule is Cc1ccc(C(N)=O)c(N2CCNCC2C(N)=O)n1. The number of carbonyl (C=O) groups is 2. The summed E-state index contributed by atoms with van der Waals surface area (Å²) in [4.78, 5) is 29.1. The standard InChI is InChI=1S/C12H17N5O2/c1-7-2-3-8(10(13)18)12(16-7)17-5-4-15-6-9(17)11(14)19/h2-3,9,15H,4-6H2,1H3,(H2,13,18)(H2,14,19). The zero-order valence-corrected chi connectivity index (χ0v) is 10.7. The Bertz CT molecular complexity index is 517. The second-order valence-corrected chi connectivity index (χ2v) is 4.50. The monoisotopic (exact) mass is 263 g/mol. The van der Waals surface area contributed by atoms with Crippen LogP contribution >= 0.6 is 0 Å². The van der Waals surface area contributed by atoms with Gasteiger partial charge in [-0.1, -0.05) is 0 Å². The van der Waals surface area contributed by atoms with Crippen LogP contribution in [0.25, 0.3) is 0 Å². The predicted molar refractivity (Wildman–Crippen MR) is 70.7 cm³/mol. The molecule has 2 rings (SSSR count). The Morgan fingerprint density at radius 1 is 1.42 bits per heavy atom. The van der Waals surface area contributed by atoms with Crippen LogP contribution in [-0.2, 0) is 4.79 Å². The van der Waals surface area contributed by atoms with E-state index < -0.39 is 17.9 Å². The van der Waals surface area contributed by atoms with Crippen LogP contribution in [0.1, 0.15) is 16.1 Å². The van der Waals surface area contributed by atoms with Crippen molar-refractivity contribution in [3.05, 3.63) is 23.4 Å². The quantitative estimate of drug-likeness (QED) is 0.630. The zero-order chi connectivity index (χ0) is 14.0. The first-order chi connectivity index (χ1) is 9.00. The van der Waals surface area contributed by atoms with Crippen LogP contribution in [0.15, 0.2) is 12.1 Å². The van der Waals surface area contributed by atoms with Gasteiger partial charge < -0.3 is 21.7 Å². The van der Waals surface area contributed by atoms with Gasteiger partial charge >= 0.3 is 0 Å². The van der Waals surface area contributed by atoms with Crippen LogP contribution in [0.2, 0.25) is 0 Å². The van der Waals surface area contributed by atoms with E-state index in [1.54, 1.807) is 17.0 Å². The van der Waals surface area contributed by atoms with Crippen LogP contribution in [0.5, 0.6) is 0 Å². The smallest absolute Gasteiger partial charge is 0.252 e. The van der Waals surface area contributed by atoms with Crippen LogP contribution in [0.3, 0.4) is 0 Å². The number of aromatic nitrogens is 1. The third kappa shape index (κ3) is 2.65. The molecule has 2 heterocycles. The molecule has 0 saturated carbocycles. The lowest BCUT2D eigenvalue weighted by atomic mass is 10.1. The molecular formula is C12H17N5O2. The topological polar surface area (TPSA) is 114 Å². The van der Waals surface area contributed by atoms with Gasteiger partial charge in [-0.2, -0.15) is 0 Å². The van der Waals surface area contributed by atoms with Crippen molar-refractivity contribution in [3.63, 3.8) is 0 Å². The third-order valence-electron chi connectivity index (χ3n) is 3.12. The third-order valence-corrected chi connectivity index (χ3v) is 3.12. The first kappa shape index (κ1) is 13.3. The second-order valence-electron chi connectivity index (χ2n) is 4.50. The zero-order valence-electron chi connectivity index (χ0n) is 10.7. The van der Waals surface area contributed by atoms with Gasteiger partial charge in [-0.15, -0.1) is 0 Å². The lowest BCUT2D eigenvalue weighted by molar-refractivity contribution is -0.119. The van der Waals surface area contributed by atoms with Gasteiger partial charge in [0.1, 0.15) is 11.9 Å². The van der Waals surface area contributed by atoms with E-state index in [0.29, 0.717) is 31.0 Å². The molecule has 7 heteroatoms. The van der Waals surface area contributed by atoms with Gasteiger partial charge in [0.05, 0.1) is 5.56 Å². The molecule has 0 aliphatic carbocycles. The van der Waals surface area contributed by atoms with Gasteiger partial charge in [0.15, 0.2) is 0 Å². The minimum atomic E-state index is -0.566. The number of primary amides is 2. The van der Waals surface area contributed by atoms with E-state index in [2.05, 4.69) is 10.3 Å². The molecule has 0 spiro atoms. The molecule has 1 aromatic rings. The normalized spacial score (nSPS) is 19.2. The number of nitrogens with one attached hydrogen (secondary N) is 1. The van der Waals surface area contributed by atoms with Crippen LogP contribution < -0.4 is 21.7 Å². The van der Waals surface area contributed by atoms with E-state index in [1.165, 1.54) is 0 Å². The summed E-state index contributed by atoms with van der Waals surface area (Å²) in [5, 5.41) is 3.09. The minimum Gasteiger partial charge on any atom is -0.368 e. The Kier molecular flexibility index (Phi) is 3.66. The van der Waals surface area contributed by atoms with Crippen molar-refractivity contribution in [1.29, 1.82) is 0 Å². The van der Waals surface area contributed by atoms with Gasteiger partial charge in [0, 0.05) is 25.3 Å². The van der Waals surface area contributed by atoms with Crippen molar-refractivity contribution in [2.45, 2.75) is 13.0 Å². The summed E-state index contributed by atoms with van der Waals surface area (Å²) in [6, 6.07) is 2.81. The van der Waals surface area contributed by atoms with Gasteiger partial charge in [0.25, 0.3) is 5.91 Å². The fourth-order valence-corrected chi connectivity index (χ4v) is 2.17. The van der Waals surface area contributed by atoms with Gasteiger partial charge in [0.2, 0.25) is 5.91 Å². The Hall–Kier alpha value is -2.15. The number of nitrogens with zero attached hydrogens (tertiary/aromatic N) is 2. The highest BCUT2D eigenvalue weighted by molar-refractivity contribution is 5.98. The summed E-state index contributed by atoms with van der Waals surface area (Å²) in [6.07, 6.45) is 0. The Labute approximate surface area is 111 Å². The maximum absolute atomic E-state index is 11.5. The number of carbonyl (C=O) groups excluding carboxylic acids is 2. The van der Waals surface area contributed by atoms with E-state index in [0.717, 1.165) is 5.69 Å². The van der Waals surface area contributed by atoms with E-state index in [-0.39, 0.29) is 0 Å². The molecule has 7 nitrogen and oxygen atoms in total. The van der Waals surface area contributed by atoms with Gasteiger partial charge in [-0.05, 0) is 19.1 Å². The van der Waals surface area contributed by atoms with E-state index in [4.69, 9.17) is 11.5 Å². The van der Waals surface area contributed by atoms with Crippen molar-refractivity contribution < 1.29 is 9.59 Å². The number of anilines is 1. The number of hydrogen-bond donors (Lipinski definition) is 3. The van der Waals surface area contributed by atoms with Crippen molar-refractivity contribution >= 4 is 17.6 Å². The number of nitrogens with two attached hydrogens (primary N) is 2. The largest absolute Gasteiger partial charge is 0.368 e. The van der Waals surface area contributed by atoms with Crippen LogP contribution in [0, 0.1) is 6.92 Å². The van der Waals surface area contributed by atoms with Crippen molar-refractivity contribution in [3.8, 4) is 0 Å². The lowest BCUT2D eigenvalue weighted by Gasteiger charge is -2.35. The van der Waals surface area contributed by atoms with E-state index >= 15 is 0 Å². The maximum atomic E-state index is 11.5. The molecule has 1 aromatic heterocycles. The van der Waals surface area contributed by atoms with Crippen LogP contribution in [0.4, 0.5) is 5.82 Å². The molecule has 19 heavy (non-hydrogen) atoms. The Morgan fingerprint density at radius 3 is 2.79 bits per heavy atom. The summed E-state index contributed by atoms with van der Waals surface area (Å²) < 4.78 is 0. The van der Waals surface area contributed by atoms with E-state index in [9.17, 15) is 9.59 Å². The van der Waals surface area contributed by atoms with Crippen molar-refractivity contribution in [1.82, 2.24) is 10.3 Å². The minimum absolute atomic E-state index is 0.304. The van der Waals surface area contributed by atoms with E-state index in [1.807, 2.05) is 6.92 Å². The van der Waals surface area contributed by atoms with Crippen molar-refractivity contribution in [2.24, 2.45) is 11.5 Å². The summed E-state index contributed by atoms with van der Waals surface area (Å²) in [5.41, 5.74) is 11.8. The highest BCUT2D eigenvalue weighted by Gasteiger charge is 2.30. The maximum Gasteiger partial charge on any atom is 0.252 e. The molecule has 1 atom stereocenters. The lowest BCUT2D eigenvalue weighted by Crippen LogP contribution is -2.57. The first-order valence-corrected chi connectivity index (χ1v) is 6.05. The number of aryl methyl sites for hydroxylation is 1. The summed E-state index contributed by atoms with van der Waals surface area (Å²) in [7, 11) is 0. The molecule has 0 aromatic carbocycles. The molecule has 0 bridgehead atoms. The molecule has 1 unspecified atom stereocenters. The highest BCUT2D eigenvalue weighted by Crippen LogP contribution is 2.21. The summed E-state index contributed by atoms with van der Waals surface area (Å²) in [6.45, 7) is 3.49. The first-order valence-electron chi connectivity index (χ1n) is 6.05. The molecule has 5 N–H and O–H groups in total. The molecule has 1 aliphatic rings. The number of piperazine rings is 1. The predicted octanol–water partition coefficient (Wildman–Crippen LogP) is -1.25. The Morgan fingerprint density at radius 2 is 2.16 bits per heavy atom. The molecular weight excluding hydrogens is 246 g/mol. The fourth-order valence-electron chi connectivity index (χ4n) is 2.17. The Balaban J connectivity index is 2.46. The summed E-state index contributed by atoms with van der Waals surface area (Å²) in [5.74, 6) is -0.590. The average Bonchev–Trinajstić information content (AvgIpc) is 2.38. The fraction of sp³-hybridized carbons (Fsp3) is 0.417. The molecule has 102 valence electrons. The van der Waals surface area contributed by atoms with Crippen molar-refractivity contribution in [2.75, 3.05) is 24.5 Å². The highest BCUT2D eigenvalue weighted by atomic mass is 16.2. The average molecular weight is 263 g/mol. The molecule has 1 aliphatic heterocycles. The van der Waals surface area contributed by atoms with Crippen LogP contribution in [-0.4, -0.2) is 42.5 Å². The second kappa shape index (κ2) is 5.23.